The van der Waals surface area contributed by atoms with Gasteiger partial charge in [0.25, 0.3) is 0 Å². The zero-order valence-electron chi connectivity index (χ0n) is 15.4. The maximum Gasteiger partial charge on any atom is 0.312 e. The minimum atomic E-state index is -0.550. The van der Waals surface area contributed by atoms with Crippen molar-refractivity contribution in [2.24, 2.45) is 17.8 Å². The SMILES string of the molecule is CCOC(=O)C1C(COCc2ccccc2)C2CCC1(OC)C=C2C. The number of carbonyl (C=O) groups excluding carboxylic acids is 1. The van der Waals surface area contributed by atoms with Gasteiger partial charge in [0, 0.05) is 13.0 Å². The molecule has 0 aliphatic heterocycles. The monoisotopic (exact) mass is 344 g/mol. The van der Waals surface area contributed by atoms with Gasteiger partial charge in [-0.2, -0.15) is 0 Å². The fourth-order valence-corrected chi connectivity index (χ4v) is 4.56. The Morgan fingerprint density at radius 2 is 2.04 bits per heavy atom. The molecule has 0 saturated heterocycles. The van der Waals surface area contributed by atoms with E-state index in [1.807, 2.05) is 25.1 Å². The number of allylic oxidation sites excluding steroid dienone is 1. The molecule has 0 spiro atoms. The van der Waals surface area contributed by atoms with Crippen molar-refractivity contribution in [3.63, 3.8) is 0 Å². The molecule has 1 saturated carbocycles. The molecule has 25 heavy (non-hydrogen) atoms. The third kappa shape index (κ3) is 3.51. The first-order valence-electron chi connectivity index (χ1n) is 9.14. The Kier molecular flexibility index (Phi) is 5.60. The highest BCUT2D eigenvalue weighted by molar-refractivity contribution is 5.76. The molecule has 4 unspecified atom stereocenters. The molecule has 3 aliphatic rings. The lowest BCUT2D eigenvalue weighted by Crippen LogP contribution is -2.57. The topological polar surface area (TPSA) is 44.8 Å². The van der Waals surface area contributed by atoms with Crippen LogP contribution in [-0.4, -0.2) is 31.9 Å². The van der Waals surface area contributed by atoms with Crippen LogP contribution in [0.4, 0.5) is 0 Å². The summed E-state index contributed by atoms with van der Waals surface area (Å²) in [5.41, 5.74) is 1.90. The molecular weight excluding hydrogens is 316 g/mol. The van der Waals surface area contributed by atoms with E-state index >= 15 is 0 Å². The fraction of sp³-hybridized carbons (Fsp3) is 0.571. The molecule has 4 heteroatoms. The zero-order valence-corrected chi connectivity index (χ0v) is 15.4. The Hall–Kier alpha value is -1.65. The second-order valence-electron chi connectivity index (χ2n) is 7.09. The first-order chi connectivity index (χ1) is 12.1. The third-order valence-electron chi connectivity index (χ3n) is 5.72. The molecule has 0 N–H and O–H groups in total. The molecule has 0 heterocycles. The van der Waals surface area contributed by atoms with Crippen LogP contribution in [0.25, 0.3) is 0 Å². The number of methoxy groups -OCH3 is 1. The van der Waals surface area contributed by atoms with Crippen LogP contribution < -0.4 is 0 Å². The Bertz CT molecular complexity index is 624. The average Bonchev–Trinajstić information content (AvgIpc) is 2.63. The highest BCUT2D eigenvalue weighted by atomic mass is 16.5. The predicted molar refractivity (Wildman–Crippen MR) is 95.9 cm³/mol. The van der Waals surface area contributed by atoms with E-state index in [4.69, 9.17) is 14.2 Å². The smallest absolute Gasteiger partial charge is 0.312 e. The molecule has 136 valence electrons. The lowest BCUT2D eigenvalue weighted by Gasteiger charge is -2.52. The van der Waals surface area contributed by atoms with Crippen LogP contribution in [0, 0.1) is 17.8 Å². The Balaban J connectivity index is 1.77. The highest BCUT2D eigenvalue weighted by Gasteiger charge is 2.56. The zero-order chi connectivity index (χ0) is 17.9. The number of hydrogen-bond donors (Lipinski definition) is 0. The minimum absolute atomic E-state index is 0.0986. The van der Waals surface area contributed by atoms with Crippen molar-refractivity contribution in [3.05, 3.63) is 47.5 Å². The number of rotatable bonds is 7. The summed E-state index contributed by atoms with van der Waals surface area (Å²) in [6, 6.07) is 10.1. The van der Waals surface area contributed by atoms with Gasteiger partial charge in [-0.15, -0.1) is 0 Å². The summed E-state index contributed by atoms with van der Waals surface area (Å²) in [5, 5.41) is 0. The van der Waals surface area contributed by atoms with Gasteiger partial charge in [-0.25, -0.2) is 0 Å². The first kappa shape index (κ1) is 18.2. The van der Waals surface area contributed by atoms with E-state index in [-0.39, 0.29) is 17.8 Å². The van der Waals surface area contributed by atoms with Gasteiger partial charge < -0.3 is 14.2 Å². The fourth-order valence-electron chi connectivity index (χ4n) is 4.56. The second kappa shape index (κ2) is 7.71. The predicted octanol–water partition coefficient (Wildman–Crippen LogP) is 3.75. The molecule has 1 aromatic rings. The van der Waals surface area contributed by atoms with Crippen LogP contribution in [-0.2, 0) is 25.6 Å². The summed E-state index contributed by atoms with van der Waals surface area (Å²) in [6.45, 7) is 5.48. The van der Waals surface area contributed by atoms with E-state index in [1.165, 1.54) is 5.57 Å². The maximum absolute atomic E-state index is 12.7. The third-order valence-corrected chi connectivity index (χ3v) is 5.72. The lowest BCUT2D eigenvalue weighted by atomic mass is 9.57. The molecule has 0 radical (unpaired) electrons. The lowest BCUT2D eigenvalue weighted by molar-refractivity contribution is -0.174. The van der Waals surface area contributed by atoms with Crippen molar-refractivity contribution in [1.29, 1.82) is 0 Å². The van der Waals surface area contributed by atoms with Crippen LogP contribution >= 0.6 is 0 Å². The molecule has 4 rings (SSSR count). The number of fused-ring (bicyclic) bond motifs is 2. The van der Waals surface area contributed by atoms with E-state index in [2.05, 4.69) is 25.1 Å². The van der Waals surface area contributed by atoms with Crippen molar-refractivity contribution in [3.8, 4) is 0 Å². The van der Waals surface area contributed by atoms with E-state index in [0.29, 0.717) is 25.7 Å². The summed E-state index contributed by atoms with van der Waals surface area (Å²) < 4.78 is 17.3. The molecule has 4 atom stereocenters. The van der Waals surface area contributed by atoms with Crippen LogP contribution in [0.2, 0.25) is 0 Å². The van der Waals surface area contributed by atoms with Crippen molar-refractivity contribution >= 4 is 5.97 Å². The van der Waals surface area contributed by atoms with Gasteiger partial charge >= 0.3 is 5.97 Å². The number of benzene rings is 1. The molecule has 1 aromatic carbocycles. The van der Waals surface area contributed by atoms with Crippen molar-refractivity contribution < 1.29 is 19.0 Å². The van der Waals surface area contributed by atoms with Crippen molar-refractivity contribution in [2.45, 2.75) is 38.9 Å². The Morgan fingerprint density at radius 1 is 1.28 bits per heavy atom. The number of ether oxygens (including phenoxy) is 3. The summed E-state index contributed by atoms with van der Waals surface area (Å²) in [6.07, 6.45) is 4.05. The van der Waals surface area contributed by atoms with Gasteiger partial charge in [0.1, 0.15) is 0 Å². The molecule has 3 aliphatic carbocycles. The summed E-state index contributed by atoms with van der Waals surface area (Å²) >= 11 is 0. The molecule has 2 bridgehead atoms. The van der Waals surface area contributed by atoms with Crippen molar-refractivity contribution in [1.82, 2.24) is 0 Å². The van der Waals surface area contributed by atoms with Gasteiger partial charge in [0.05, 0.1) is 31.3 Å². The number of hydrogen-bond acceptors (Lipinski definition) is 4. The van der Waals surface area contributed by atoms with Gasteiger partial charge in [-0.05, 0) is 38.2 Å². The van der Waals surface area contributed by atoms with E-state index in [0.717, 1.165) is 18.4 Å². The first-order valence-corrected chi connectivity index (χ1v) is 9.14. The maximum atomic E-state index is 12.7. The normalized spacial score (nSPS) is 30.8. The van der Waals surface area contributed by atoms with Crippen LogP contribution in [0.1, 0.15) is 32.3 Å². The van der Waals surface area contributed by atoms with Crippen molar-refractivity contribution in [2.75, 3.05) is 20.3 Å². The van der Waals surface area contributed by atoms with Crippen LogP contribution in [0.15, 0.2) is 42.0 Å². The van der Waals surface area contributed by atoms with E-state index in [9.17, 15) is 4.79 Å². The molecule has 1 fully saturated rings. The van der Waals surface area contributed by atoms with Gasteiger partial charge in [-0.3, -0.25) is 4.79 Å². The largest absolute Gasteiger partial charge is 0.466 e. The van der Waals surface area contributed by atoms with Gasteiger partial charge in [-0.1, -0.05) is 42.0 Å². The van der Waals surface area contributed by atoms with E-state index < -0.39 is 5.60 Å². The average molecular weight is 344 g/mol. The standard InChI is InChI=1S/C21H28O4/c1-4-25-20(22)19-18(14-24-13-16-8-6-5-7-9-16)17-10-11-21(19,23-3)12-15(17)2/h5-9,12,17-19H,4,10-11,13-14H2,1-3H3. The molecule has 0 amide bonds. The molecule has 0 aromatic heterocycles. The van der Waals surface area contributed by atoms with Gasteiger partial charge in [0.15, 0.2) is 0 Å². The molecule has 4 nitrogen and oxygen atoms in total. The number of esters is 1. The molecular formula is C21H28O4. The summed E-state index contributed by atoms with van der Waals surface area (Å²) in [7, 11) is 1.70. The Labute approximate surface area is 150 Å². The van der Waals surface area contributed by atoms with Gasteiger partial charge in [0.2, 0.25) is 0 Å². The second-order valence-corrected chi connectivity index (χ2v) is 7.09. The van der Waals surface area contributed by atoms with Crippen LogP contribution in [0.5, 0.6) is 0 Å². The summed E-state index contributed by atoms with van der Waals surface area (Å²) in [4.78, 5) is 12.7. The van der Waals surface area contributed by atoms with E-state index in [1.54, 1.807) is 7.11 Å². The summed E-state index contributed by atoms with van der Waals surface area (Å²) in [5.74, 6) is 0.00505. The quantitative estimate of drug-likeness (QED) is 0.558. The number of carbonyl (C=O) groups is 1. The Morgan fingerprint density at radius 3 is 2.68 bits per heavy atom. The highest BCUT2D eigenvalue weighted by Crippen LogP contribution is 2.52. The minimum Gasteiger partial charge on any atom is -0.466 e. The van der Waals surface area contributed by atoms with Crippen LogP contribution in [0.3, 0.4) is 0 Å².